The average Bonchev–Trinajstić information content (AvgIpc) is 3.01. The third kappa shape index (κ3) is 3.64. The van der Waals surface area contributed by atoms with Crippen LogP contribution in [0.2, 0.25) is 0 Å². The Balaban J connectivity index is 1.93. The molecule has 1 aliphatic rings. The van der Waals surface area contributed by atoms with Crippen LogP contribution in [0.1, 0.15) is 30.4 Å². The lowest BCUT2D eigenvalue weighted by Gasteiger charge is -2.26. The molecule has 22 heavy (non-hydrogen) atoms. The van der Waals surface area contributed by atoms with Gasteiger partial charge in [0.1, 0.15) is 6.04 Å². The van der Waals surface area contributed by atoms with E-state index in [1.807, 2.05) is 12.1 Å². The molecule has 0 saturated carbocycles. The van der Waals surface area contributed by atoms with Gasteiger partial charge in [0.05, 0.1) is 11.6 Å². The van der Waals surface area contributed by atoms with Crippen molar-refractivity contribution in [2.24, 2.45) is 0 Å². The molecule has 1 unspecified atom stereocenters. The minimum atomic E-state index is -0.302. The highest BCUT2D eigenvalue weighted by molar-refractivity contribution is 5.88. The van der Waals surface area contributed by atoms with E-state index in [2.05, 4.69) is 6.07 Å². The summed E-state index contributed by atoms with van der Waals surface area (Å²) < 4.78 is 0. The minimum absolute atomic E-state index is 0.00391. The number of likely N-dealkylation sites (tertiary alicyclic amines) is 1. The summed E-state index contributed by atoms with van der Waals surface area (Å²) in [5.41, 5.74) is 1.65. The third-order valence-electron chi connectivity index (χ3n) is 4.01. The van der Waals surface area contributed by atoms with Gasteiger partial charge in [0.25, 0.3) is 0 Å². The second-order valence-corrected chi connectivity index (χ2v) is 5.79. The second-order valence-electron chi connectivity index (χ2n) is 5.79. The van der Waals surface area contributed by atoms with Gasteiger partial charge in [-0.05, 0) is 37.0 Å². The highest BCUT2D eigenvalue weighted by atomic mass is 16.2. The van der Waals surface area contributed by atoms with Gasteiger partial charge in [0, 0.05) is 27.1 Å². The van der Waals surface area contributed by atoms with E-state index in [-0.39, 0.29) is 17.9 Å². The summed E-state index contributed by atoms with van der Waals surface area (Å²) in [6.45, 7) is 0.663. The minimum Gasteiger partial charge on any atom is -0.347 e. The van der Waals surface area contributed by atoms with Crippen molar-refractivity contribution in [3.63, 3.8) is 0 Å². The fraction of sp³-hybridized carbons (Fsp3) is 0.471. The normalized spacial score (nSPS) is 17.1. The van der Waals surface area contributed by atoms with Crippen LogP contribution < -0.4 is 0 Å². The Bertz CT molecular complexity index is 587. The first kappa shape index (κ1) is 16.0. The second kappa shape index (κ2) is 7.08. The van der Waals surface area contributed by atoms with Crippen LogP contribution in [0.5, 0.6) is 0 Å². The summed E-state index contributed by atoms with van der Waals surface area (Å²) >= 11 is 0. The molecule has 0 aliphatic carbocycles. The Hall–Kier alpha value is -2.35. The maximum Gasteiger partial charge on any atom is 0.244 e. The molecule has 1 aromatic rings. The number of amides is 2. The molecule has 2 amide bonds. The lowest BCUT2D eigenvalue weighted by atomic mass is 10.1. The molecule has 1 saturated heterocycles. The number of likely N-dealkylation sites (N-methyl/N-ethyl adjacent to an activating group) is 1. The van der Waals surface area contributed by atoms with Crippen molar-refractivity contribution in [1.82, 2.24) is 9.80 Å². The Kier molecular flexibility index (Phi) is 5.16. The number of carbonyl (C=O) groups excluding carboxylic acids is 2. The van der Waals surface area contributed by atoms with E-state index in [0.29, 0.717) is 24.9 Å². The van der Waals surface area contributed by atoms with Crippen molar-refractivity contribution >= 4 is 11.8 Å². The molecule has 0 bridgehead atoms. The van der Waals surface area contributed by atoms with E-state index in [0.717, 1.165) is 18.4 Å². The summed E-state index contributed by atoms with van der Waals surface area (Å²) in [6.07, 6.45) is 2.65. The topological polar surface area (TPSA) is 64.4 Å². The van der Waals surface area contributed by atoms with Crippen LogP contribution in [0.4, 0.5) is 0 Å². The summed E-state index contributed by atoms with van der Waals surface area (Å²) in [5, 5.41) is 8.77. The summed E-state index contributed by atoms with van der Waals surface area (Å²) in [5.74, 6) is 0.0336. The van der Waals surface area contributed by atoms with Crippen molar-refractivity contribution in [2.45, 2.75) is 31.7 Å². The first-order valence-electron chi connectivity index (χ1n) is 7.52. The van der Waals surface area contributed by atoms with Crippen molar-refractivity contribution in [2.75, 3.05) is 20.6 Å². The van der Waals surface area contributed by atoms with Crippen LogP contribution in [0, 0.1) is 11.3 Å². The number of hydrogen-bond acceptors (Lipinski definition) is 3. The first-order valence-corrected chi connectivity index (χ1v) is 7.52. The van der Waals surface area contributed by atoms with Gasteiger partial charge in [-0.3, -0.25) is 9.59 Å². The maximum atomic E-state index is 12.4. The van der Waals surface area contributed by atoms with Gasteiger partial charge in [0.2, 0.25) is 11.8 Å². The number of benzene rings is 1. The zero-order valence-electron chi connectivity index (χ0n) is 13.1. The maximum absolute atomic E-state index is 12.4. The van der Waals surface area contributed by atoms with E-state index in [4.69, 9.17) is 5.26 Å². The standard InChI is InChI=1S/C17H21N3O2/c1-19(2)17(22)15-4-3-11-20(15)16(21)10-9-13-5-7-14(12-18)8-6-13/h5-8,15H,3-4,9-11H2,1-2H3. The zero-order chi connectivity index (χ0) is 16.1. The fourth-order valence-electron chi connectivity index (χ4n) is 2.76. The monoisotopic (exact) mass is 299 g/mol. The third-order valence-corrected chi connectivity index (χ3v) is 4.01. The molecule has 0 aromatic heterocycles. The van der Waals surface area contributed by atoms with Crippen LogP contribution in [0.25, 0.3) is 0 Å². The number of hydrogen-bond donors (Lipinski definition) is 0. The average molecular weight is 299 g/mol. The van der Waals surface area contributed by atoms with Crippen molar-refractivity contribution in [3.05, 3.63) is 35.4 Å². The number of nitrogens with zero attached hydrogens (tertiary/aromatic N) is 3. The molecule has 0 radical (unpaired) electrons. The molecule has 1 heterocycles. The van der Waals surface area contributed by atoms with Gasteiger partial charge in [-0.15, -0.1) is 0 Å². The highest BCUT2D eigenvalue weighted by Crippen LogP contribution is 2.20. The predicted molar refractivity (Wildman–Crippen MR) is 82.9 cm³/mol. The number of aryl methyl sites for hydroxylation is 1. The number of carbonyl (C=O) groups is 2. The van der Waals surface area contributed by atoms with Crippen molar-refractivity contribution < 1.29 is 9.59 Å². The lowest BCUT2D eigenvalue weighted by molar-refractivity contribution is -0.142. The molecule has 1 fully saturated rings. The summed E-state index contributed by atoms with van der Waals surface area (Å²) in [6, 6.07) is 9.04. The van der Waals surface area contributed by atoms with E-state index >= 15 is 0 Å². The van der Waals surface area contributed by atoms with Gasteiger partial charge < -0.3 is 9.80 Å². The van der Waals surface area contributed by atoms with Crippen LogP contribution in [0.3, 0.4) is 0 Å². The molecule has 5 heteroatoms. The zero-order valence-corrected chi connectivity index (χ0v) is 13.1. The smallest absolute Gasteiger partial charge is 0.244 e. The Morgan fingerprint density at radius 1 is 1.32 bits per heavy atom. The van der Waals surface area contributed by atoms with E-state index in [1.54, 1.807) is 36.0 Å². The van der Waals surface area contributed by atoms with Crippen LogP contribution in [0.15, 0.2) is 24.3 Å². The first-order chi connectivity index (χ1) is 10.5. The molecule has 116 valence electrons. The molecule has 1 aromatic carbocycles. The number of rotatable bonds is 4. The van der Waals surface area contributed by atoms with Gasteiger partial charge in [0.15, 0.2) is 0 Å². The Morgan fingerprint density at radius 3 is 2.59 bits per heavy atom. The molecule has 1 aliphatic heterocycles. The van der Waals surface area contributed by atoms with Crippen molar-refractivity contribution in [1.29, 1.82) is 5.26 Å². The summed E-state index contributed by atoms with van der Waals surface area (Å²) in [7, 11) is 3.44. The van der Waals surface area contributed by atoms with E-state index in [1.165, 1.54) is 0 Å². The fourth-order valence-corrected chi connectivity index (χ4v) is 2.76. The summed E-state index contributed by atoms with van der Waals surface area (Å²) in [4.78, 5) is 27.8. The van der Waals surface area contributed by atoms with E-state index in [9.17, 15) is 9.59 Å². The molecule has 0 N–H and O–H groups in total. The molecule has 2 rings (SSSR count). The quantitative estimate of drug-likeness (QED) is 0.847. The van der Waals surface area contributed by atoms with Crippen LogP contribution in [-0.4, -0.2) is 48.3 Å². The molecular weight excluding hydrogens is 278 g/mol. The molecular formula is C17H21N3O2. The molecule has 0 spiro atoms. The predicted octanol–water partition coefficient (Wildman–Crippen LogP) is 1.57. The van der Waals surface area contributed by atoms with Gasteiger partial charge in [-0.2, -0.15) is 5.26 Å². The van der Waals surface area contributed by atoms with Gasteiger partial charge >= 0.3 is 0 Å². The van der Waals surface area contributed by atoms with Crippen LogP contribution >= 0.6 is 0 Å². The van der Waals surface area contributed by atoms with Crippen LogP contribution in [-0.2, 0) is 16.0 Å². The largest absolute Gasteiger partial charge is 0.347 e. The highest BCUT2D eigenvalue weighted by Gasteiger charge is 2.34. The van der Waals surface area contributed by atoms with E-state index < -0.39 is 0 Å². The molecule has 1 atom stereocenters. The SMILES string of the molecule is CN(C)C(=O)C1CCCN1C(=O)CCc1ccc(C#N)cc1. The van der Waals surface area contributed by atoms with Crippen molar-refractivity contribution in [3.8, 4) is 6.07 Å². The molecule has 5 nitrogen and oxygen atoms in total. The van der Waals surface area contributed by atoms with Gasteiger partial charge in [-0.25, -0.2) is 0 Å². The number of nitriles is 1. The Morgan fingerprint density at radius 2 is 2.00 bits per heavy atom. The van der Waals surface area contributed by atoms with Gasteiger partial charge in [-0.1, -0.05) is 12.1 Å². The lowest BCUT2D eigenvalue weighted by Crippen LogP contribution is -2.45. The Labute approximate surface area is 131 Å².